The van der Waals surface area contributed by atoms with Gasteiger partial charge in [-0.1, -0.05) is 61.7 Å². The average Bonchev–Trinajstić information content (AvgIpc) is 2.92. The molecule has 1 aliphatic heterocycles. The molecule has 7 heteroatoms. The summed E-state index contributed by atoms with van der Waals surface area (Å²) in [4.78, 5) is 23.0. The predicted molar refractivity (Wildman–Crippen MR) is 159 cm³/mol. The van der Waals surface area contributed by atoms with Gasteiger partial charge in [0.25, 0.3) is 0 Å². The zero-order valence-corrected chi connectivity index (χ0v) is 22.7. The maximum atomic E-state index is 12.2. The highest BCUT2D eigenvalue weighted by atomic mass is 16.6. The van der Waals surface area contributed by atoms with Crippen molar-refractivity contribution in [1.29, 1.82) is 0 Å². The number of benzene rings is 2. The van der Waals surface area contributed by atoms with E-state index in [1.807, 2.05) is 51.1 Å². The molecule has 0 saturated carbocycles. The number of nitrogens with zero attached hydrogens (tertiary/aromatic N) is 3. The Labute approximate surface area is 226 Å². The smallest absolute Gasteiger partial charge is 0.410 e. The summed E-state index contributed by atoms with van der Waals surface area (Å²) in [6.45, 7) is 16.1. The molecule has 1 aliphatic rings. The van der Waals surface area contributed by atoms with Crippen LogP contribution in [0.15, 0.2) is 89.5 Å². The van der Waals surface area contributed by atoms with Crippen LogP contribution in [0.1, 0.15) is 39.2 Å². The number of hydrogen-bond acceptors (Lipinski definition) is 5. The van der Waals surface area contributed by atoms with Crippen molar-refractivity contribution in [2.24, 2.45) is 21.6 Å². The number of hydrogen-bond donors (Lipinski definition) is 2. The number of amides is 1. The van der Waals surface area contributed by atoms with Crippen molar-refractivity contribution in [3.63, 3.8) is 0 Å². The minimum absolute atomic E-state index is 0.109. The first-order chi connectivity index (χ1) is 18.3. The lowest BCUT2D eigenvalue weighted by Crippen LogP contribution is -2.41. The molecule has 2 aromatic rings. The van der Waals surface area contributed by atoms with E-state index in [0.717, 1.165) is 58.7 Å². The van der Waals surface area contributed by atoms with Crippen molar-refractivity contribution >= 4 is 29.5 Å². The molecule has 0 unspecified atom stereocenters. The second-order valence-electron chi connectivity index (χ2n) is 9.57. The molecule has 3 N–H and O–H groups in total. The van der Waals surface area contributed by atoms with E-state index >= 15 is 0 Å². The highest BCUT2D eigenvalue weighted by Crippen LogP contribution is 2.35. The Hall–Kier alpha value is -4.13. The van der Waals surface area contributed by atoms with Crippen molar-refractivity contribution in [2.75, 3.05) is 19.6 Å². The summed E-state index contributed by atoms with van der Waals surface area (Å²) in [5.74, 6) is 0.428. The van der Waals surface area contributed by atoms with Gasteiger partial charge in [0.15, 0.2) is 0 Å². The van der Waals surface area contributed by atoms with Crippen molar-refractivity contribution in [3.8, 4) is 11.1 Å². The maximum Gasteiger partial charge on any atom is 0.410 e. The van der Waals surface area contributed by atoms with Gasteiger partial charge in [-0.15, -0.1) is 0 Å². The van der Waals surface area contributed by atoms with Gasteiger partial charge in [-0.05, 0) is 56.7 Å². The molecular weight excluding hydrogens is 474 g/mol. The molecule has 1 heterocycles. The first-order valence-electron chi connectivity index (χ1n) is 13.0. The highest BCUT2D eigenvalue weighted by Gasteiger charge is 2.24. The second kappa shape index (κ2) is 14.0. The van der Waals surface area contributed by atoms with Gasteiger partial charge >= 0.3 is 6.09 Å². The molecule has 3 rings (SSSR count). The highest BCUT2D eigenvalue weighted by molar-refractivity contribution is 6.03. The number of aliphatic imine (C=N–C) groups is 2. The third-order valence-electron chi connectivity index (χ3n) is 6.47. The maximum absolute atomic E-state index is 12.2. The van der Waals surface area contributed by atoms with E-state index in [0.29, 0.717) is 19.0 Å². The molecule has 2 aromatic carbocycles. The number of rotatable bonds is 10. The zero-order valence-electron chi connectivity index (χ0n) is 22.7. The summed E-state index contributed by atoms with van der Waals surface area (Å²) in [5.41, 5.74) is 11.7. The normalized spacial score (nSPS) is 15.1. The Morgan fingerprint density at radius 1 is 1.18 bits per heavy atom. The Morgan fingerprint density at radius 2 is 1.89 bits per heavy atom. The number of likely N-dealkylation sites (tertiary alicyclic amines) is 1. The lowest BCUT2D eigenvalue weighted by molar-refractivity contribution is 0.0656. The van der Waals surface area contributed by atoms with E-state index < -0.39 is 0 Å². The van der Waals surface area contributed by atoms with Crippen molar-refractivity contribution < 1.29 is 9.53 Å². The summed E-state index contributed by atoms with van der Waals surface area (Å²) in [6, 6.07) is 16.3. The number of ether oxygens (including phenoxy) is 1. The predicted octanol–water partition coefficient (Wildman–Crippen LogP) is 6.32. The Bertz CT molecular complexity index is 1210. The molecule has 200 valence electrons. The van der Waals surface area contributed by atoms with Gasteiger partial charge in [0.1, 0.15) is 0 Å². The third-order valence-corrected chi connectivity index (χ3v) is 6.47. The van der Waals surface area contributed by atoms with Gasteiger partial charge in [-0.2, -0.15) is 0 Å². The molecule has 7 nitrogen and oxygen atoms in total. The molecule has 1 fully saturated rings. The number of allylic oxidation sites excluding steroid dienone is 2. The van der Waals surface area contributed by atoms with Crippen LogP contribution in [0.4, 0.5) is 10.5 Å². The van der Waals surface area contributed by atoms with Crippen LogP contribution in [-0.4, -0.2) is 48.8 Å². The first kappa shape index (κ1) is 28.4. The molecule has 0 aliphatic carbocycles. The average molecular weight is 514 g/mol. The lowest BCUT2D eigenvalue weighted by atomic mass is 9.94. The molecular formula is C31H39N5O2. The fraction of sp³-hybridized carbons (Fsp3) is 0.323. The van der Waals surface area contributed by atoms with Crippen LogP contribution in [0.5, 0.6) is 0 Å². The van der Waals surface area contributed by atoms with Gasteiger partial charge in [-0.25, -0.2) is 9.79 Å². The van der Waals surface area contributed by atoms with Crippen molar-refractivity contribution in [2.45, 2.75) is 39.7 Å². The van der Waals surface area contributed by atoms with Crippen LogP contribution in [0, 0.1) is 5.92 Å². The number of nitrogens with one attached hydrogen (secondary N) is 1. The van der Waals surface area contributed by atoms with Crippen LogP contribution in [0.2, 0.25) is 0 Å². The fourth-order valence-electron chi connectivity index (χ4n) is 4.42. The SMILES string of the molecule is C=C/C(=C\N=CN)C(C)=Nc1cccc(-c2ccccc2)c1C(=C)NCC1CCN(C(=O)OC(C)C)CC1. The van der Waals surface area contributed by atoms with Crippen LogP contribution < -0.4 is 11.1 Å². The van der Waals surface area contributed by atoms with Crippen LogP contribution in [0.3, 0.4) is 0 Å². The van der Waals surface area contributed by atoms with Crippen LogP contribution >= 0.6 is 0 Å². The van der Waals surface area contributed by atoms with E-state index in [-0.39, 0.29) is 12.2 Å². The molecule has 1 saturated heterocycles. The summed E-state index contributed by atoms with van der Waals surface area (Å²) in [6.07, 6.45) is 6.07. The quantitative estimate of drug-likeness (QED) is 0.221. The van der Waals surface area contributed by atoms with E-state index in [1.54, 1.807) is 17.2 Å². The van der Waals surface area contributed by atoms with Gasteiger partial charge in [-0.3, -0.25) is 4.99 Å². The van der Waals surface area contributed by atoms with E-state index in [4.69, 9.17) is 15.5 Å². The van der Waals surface area contributed by atoms with Crippen LogP contribution in [-0.2, 0) is 4.74 Å². The topological polar surface area (TPSA) is 92.3 Å². The summed E-state index contributed by atoms with van der Waals surface area (Å²) in [5, 5.41) is 3.57. The van der Waals surface area contributed by atoms with Gasteiger partial charge in [0.05, 0.1) is 18.1 Å². The number of carbonyl (C=O) groups is 1. The minimum Gasteiger partial charge on any atom is -0.447 e. The molecule has 0 spiro atoms. The van der Waals surface area contributed by atoms with Gasteiger partial charge in [0.2, 0.25) is 0 Å². The molecule has 0 bridgehead atoms. The molecule has 0 atom stereocenters. The Balaban J connectivity index is 1.83. The molecule has 1 amide bonds. The number of carbonyl (C=O) groups excluding carboxylic acids is 1. The van der Waals surface area contributed by atoms with Gasteiger partial charge in [0, 0.05) is 48.4 Å². The Morgan fingerprint density at radius 3 is 2.53 bits per heavy atom. The summed E-state index contributed by atoms with van der Waals surface area (Å²) in [7, 11) is 0. The zero-order chi connectivity index (χ0) is 27.5. The minimum atomic E-state index is -0.226. The van der Waals surface area contributed by atoms with E-state index in [2.05, 4.69) is 41.7 Å². The molecule has 0 radical (unpaired) electrons. The van der Waals surface area contributed by atoms with Gasteiger partial charge < -0.3 is 20.7 Å². The number of piperidine rings is 1. The van der Waals surface area contributed by atoms with Crippen LogP contribution in [0.25, 0.3) is 16.8 Å². The standard InChI is InChI=1S/C31H39N5O2/c1-6-26(20-33-21-32)23(4)35-29-14-10-13-28(27-11-8-7-9-12-27)30(29)24(5)34-19-25-15-17-36(18-16-25)31(37)38-22(2)3/h6-14,20-22,25,34H,1,5,15-19H2,2-4H3,(H2,32,33)/b26-20+,35-23?. The molecule has 38 heavy (non-hydrogen) atoms. The monoisotopic (exact) mass is 513 g/mol. The fourth-order valence-corrected chi connectivity index (χ4v) is 4.42. The third kappa shape index (κ3) is 7.68. The lowest BCUT2D eigenvalue weighted by Gasteiger charge is -2.32. The van der Waals surface area contributed by atoms with Crippen molar-refractivity contribution in [1.82, 2.24) is 10.2 Å². The van der Waals surface area contributed by atoms with E-state index in [1.165, 1.54) is 6.34 Å². The summed E-state index contributed by atoms with van der Waals surface area (Å²) < 4.78 is 5.35. The van der Waals surface area contributed by atoms with E-state index in [9.17, 15) is 4.79 Å². The molecule has 0 aromatic heterocycles. The van der Waals surface area contributed by atoms with Crippen molar-refractivity contribution in [3.05, 3.63) is 85.1 Å². The first-order valence-corrected chi connectivity index (χ1v) is 13.0. The Kier molecular flexibility index (Phi) is 10.5. The largest absolute Gasteiger partial charge is 0.447 e. The second-order valence-corrected chi connectivity index (χ2v) is 9.57. The number of nitrogens with two attached hydrogens (primary N) is 1. The summed E-state index contributed by atoms with van der Waals surface area (Å²) >= 11 is 0.